The third-order valence-corrected chi connectivity index (χ3v) is 7.16. The molecule has 1 N–H and O–H groups in total. The van der Waals surface area contributed by atoms with E-state index in [0.717, 1.165) is 17.7 Å². The Labute approximate surface area is 246 Å². The topological polar surface area (TPSA) is 94.3 Å². The Kier molecular flexibility index (Phi) is 7.36. The summed E-state index contributed by atoms with van der Waals surface area (Å²) in [6.45, 7) is 0. The number of pyridine rings is 1. The van der Waals surface area contributed by atoms with Gasteiger partial charge in [-0.15, -0.1) is 5.10 Å². The van der Waals surface area contributed by atoms with E-state index in [1.54, 1.807) is 42.6 Å². The number of benzene rings is 3. The summed E-state index contributed by atoms with van der Waals surface area (Å²) in [5.41, 5.74) is 2.39. The number of nitrogens with zero attached hydrogens (tertiary/aromatic N) is 6. The lowest BCUT2D eigenvalue weighted by Crippen LogP contribution is -2.27. The SMILES string of the molecule is O=c1cc(-c2cc(Cl)ccc2-n2cnnn2)ccn1[C@H](Cc1ccc(F)cc1)c1ncc(-c2ccc(C(F)(F)F)cc2)[nH]1. The van der Waals surface area contributed by atoms with Crippen molar-refractivity contribution in [3.8, 4) is 28.1 Å². The van der Waals surface area contributed by atoms with Gasteiger partial charge in [0.15, 0.2) is 0 Å². The number of nitrogens with one attached hydrogen (secondary N) is 1. The van der Waals surface area contributed by atoms with Crippen molar-refractivity contribution in [3.63, 3.8) is 0 Å². The molecule has 3 aromatic heterocycles. The Morgan fingerprint density at radius 2 is 1.70 bits per heavy atom. The van der Waals surface area contributed by atoms with E-state index in [-0.39, 0.29) is 12.0 Å². The van der Waals surface area contributed by atoms with Gasteiger partial charge in [0, 0.05) is 29.3 Å². The average Bonchev–Trinajstić information content (AvgIpc) is 3.70. The number of alkyl halides is 3. The molecule has 216 valence electrons. The highest BCUT2D eigenvalue weighted by molar-refractivity contribution is 6.31. The molecule has 3 aromatic carbocycles. The molecule has 0 saturated carbocycles. The van der Waals surface area contributed by atoms with E-state index in [2.05, 4.69) is 25.5 Å². The Morgan fingerprint density at radius 3 is 2.37 bits per heavy atom. The van der Waals surface area contributed by atoms with Gasteiger partial charge < -0.3 is 9.55 Å². The van der Waals surface area contributed by atoms with Crippen LogP contribution in [-0.2, 0) is 12.6 Å². The summed E-state index contributed by atoms with van der Waals surface area (Å²) in [5.74, 6) is -0.00414. The third-order valence-electron chi connectivity index (χ3n) is 6.93. The van der Waals surface area contributed by atoms with Gasteiger partial charge in [0.25, 0.3) is 5.56 Å². The van der Waals surface area contributed by atoms with Crippen molar-refractivity contribution in [3.05, 3.63) is 136 Å². The number of aromatic nitrogens is 7. The highest BCUT2D eigenvalue weighted by Crippen LogP contribution is 2.32. The first-order chi connectivity index (χ1) is 20.7. The number of aromatic amines is 1. The summed E-state index contributed by atoms with van der Waals surface area (Å²) in [6, 6.07) is 18.3. The molecule has 0 unspecified atom stereocenters. The third kappa shape index (κ3) is 5.95. The number of imidazole rings is 1. The Balaban J connectivity index is 1.39. The largest absolute Gasteiger partial charge is 0.416 e. The number of hydrogen-bond acceptors (Lipinski definition) is 5. The Bertz CT molecular complexity index is 1930. The number of halogens is 5. The van der Waals surface area contributed by atoms with Crippen LogP contribution < -0.4 is 5.56 Å². The predicted octanol–water partition coefficient (Wildman–Crippen LogP) is 6.52. The van der Waals surface area contributed by atoms with Gasteiger partial charge >= 0.3 is 6.18 Å². The molecule has 8 nitrogen and oxygen atoms in total. The van der Waals surface area contributed by atoms with E-state index < -0.39 is 23.6 Å². The Hall–Kier alpha value is -5.10. The molecule has 0 aliphatic carbocycles. The highest BCUT2D eigenvalue weighted by Gasteiger charge is 2.30. The van der Waals surface area contributed by atoms with Crippen molar-refractivity contribution >= 4 is 11.6 Å². The van der Waals surface area contributed by atoms with Gasteiger partial charge in [0.2, 0.25) is 0 Å². The lowest BCUT2D eigenvalue weighted by Gasteiger charge is -2.19. The molecule has 0 radical (unpaired) electrons. The fourth-order valence-corrected chi connectivity index (χ4v) is 4.96. The van der Waals surface area contributed by atoms with Crippen molar-refractivity contribution < 1.29 is 17.6 Å². The summed E-state index contributed by atoms with van der Waals surface area (Å²) in [6.07, 6.45) is 0.365. The average molecular weight is 606 g/mol. The van der Waals surface area contributed by atoms with E-state index in [1.165, 1.54) is 52.1 Å². The predicted molar refractivity (Wildman–Crippen MR) is 151 cm³/mol. The van der Waals surface area contributed by atoms with E-state index in [0.29, 0.717) is 38.9 Å². The minimum absolute atomic E-state index is 0.270. The molecular formula is C30H20ClF4N7O. The lowest BCUT2D eigenvalue weighted by molar-refractivity contribution is -0.137. The van der Waals surface area contributed by atoms with Crippen molar-refractivity contribution in [1.29, 1.82) is 0 Å². The molecule has 0 bridgehead atoms. The normalized spacial score (nSPS) is 12.4. The lowest BCUT2D eigenvalue weighted by atomic mass is 10.0. The zero-order chi connectivity index (χ0) is 30.1. The first kappa shape index (κ1) is 28.0. The molecule has 6 rings (SSSR count). The van der Waals surface area contributed by atoms with Crippen molar-refractivity contribution in [2.45, 2.75) is 18.6 Å². The van der Waals surface area contributed by atoms with E-state index >= 15 is 0 Å². The first-order valence-corrected chi connectivity index (χ1v) is 13.3. The number of hydrogen-bond donors (Lipinski definition) is 1. The zero-order valence-corrected chi connectivity index (χ0v) is 22.8. The van der Waals surface area contributed by atoms with Gasteiger partial charge in [-0.05, 0) is 75.6 Å². The molecule has 43 heavy (non-hydrogen) atoms. The van der Waals surface area contributed by atoms with Crippen molar-refractivity contribution in [1.82, 2.24) is 34.7 Å². The molecule has 13 heteroatoms. The van der Waals surface area contributed by atoms with Gasteiger partial charge in [-0.25, -0.2) is 9.37 Å². The molecule has 1 atom stereocenters. The smallest absolute Gasteiger partial charge is 0.340 e. The molecule has 0 amide bonds. The van der Waals surface area contributed by atoms with Gasteiger partial charge in [-0.1, -0.05) is 35.9 Å². The quantitative estimate of drug-likeness (QED) is 0.209. The Morgan fingerprint density at radius 1 is 0.930 bits per heavy atom. The van der Waals surface area contributed by atoms with Gasteiger partial charge in [0.1, 0.15) is 18.0 Å². The monoisotopic (exact) mass is 605 g/mol. The first-order valence-electron chi connectivity index (χ1n) is 12.9. The molecule has 0 saturated heterocycles. The van der Waals surface area contributed by atoms with Crippen molar-refractivity contribution in [2.75, 3.05) is 0 Å². The molecule has 0 aliphatic rings. The van der Waals surface area contributed by atoms with Gasteiger partial charge in [0.05, 0.1) is 29.2 Å². The van der Waals surface area contributed by atoms with Crippen LogP contribution >= 0.6 is 11.6 Å². The van der Waals surface area contributed by atoms with E-state index in [4.69, 9.17) is 11.6 Å². The summed E-state index contributed by atoms with van der Waals surface area (Å²) < 4.78 is 55.7. The van der Waals surface area contributed by atoms with Crippen LogP contribution in [0, 0.1) is 5.82 Å². The number of H-pyrrole nitrogens is 1. The molecule has 6 aromatic rings. The van der Waals surface area contributed by atoms with Crippen LogP contribution in [0.4, 0.5) is 17.6 Å². The van der Waals surface area contributed by atoms with E-state index in [9.17, 15) is 22.4 Å². The van der Waals surface area contributed by atoms with Crippen LogP contribution in [0.1, 0.15) is 23.0 Å². The fourth-order valence-electron chi connectivity index (χ4n) is 4.79. The van der Waals surface area contributed by atoms with Gasteiger partial charge in [-0.3, -0.25) is 4.79 Å². The van der Waals surface area contributed by atoms with Crippen LogP contribution in [0.2, 0.25) is 5.02 Å². The van der Waals surface area contributed by atoms with Gasteiger partial charge in [-0.2, -0.15) is 17.9 Å². The fraction of sp³-hybridized carbons (Fsp3) is 0.100. The number of tetrazole rings is 1. The van der Waals surface area contributed by atoms with Crippen LogP contribution in [0.3, 0.4) is 0 Å². The summed E-state index contributed by atoms with van der Waals surface area (Å²) in [4.78, 5) is 21.3. The van der Waals surface area contributed by atoms with Crippen molar-refractivity contribution in [2.24, 2.45) is 0 Å². The minimum atomic E-state index is -4.46. The van der Waals surface area contributed by atoms with Crippen LogP contribution in [-0.4, -0.2) is 34.7 Å². The summed E-state index contributed by atoms with van der Waals surface area (Å²) in [5, 5.41) is 11.8. The summed E-state index contributed by atoms with van der Waals surface area (Å²) >= 11 is 6.28. The maximum absolute atomic E-state index is 13.6. The zero-order valence-electron chi connectivity index (χ0n) is 22.0. The molecule has 0 spiro atoms. The maximum atomic E-state index is 13.6. The second kappa shape index (κ2) is 11.3. The molecular weight excluding hydrogens is 586 g/mol. The highest BCUT2D eigenvalue weighted by atomic mass is 35.5. The van der Waals surface area contributed by atoms with E-state index in [1.807, 2.05) is 0 Å². The number of rotatable bonds is 7. The second-order valence-corrected chi connectivity index (χ2v) is 10.1. The molecule has 0 fully saturated rings. The van der Waals surface area contributed by atoms with Crippen LogP contribution in [0.5, 0.6) is 0 Å². The van der Waals surface area contributed by atoms with Crippen LogP contribution in [0.25, 0.3) is 28.1 Å². The second-order valence-electron chi connectivity index (χ2n) is 9.68. The maximum Gasteiger partial charge on any atom is 0.416 e. The standard InChI is InChI=1S/C30H20ClF4N7O/c31-22-7-10-26(42-17-37-39-40-42)24(15-22)20-11-12-41(28(43)14-20)27(13-18-1-8-23(32)9-2-18)29-36-16-25(38-29)19-3-5-21(6-4-19)30(33,34)35/h1-12,14-17,27H,13H2,(H,36,38)/t27-/m1/s1. The summed E-state index contributed by atoms with van der Waals surface area (Å²) in [7, 11) is 0. The molecule has 0 aliphatic heterocycles. The molecule has 3 heterocycles. The van der Waals surface area contributed by atoms with Crippen LogP contribution in [0.15, 0.2) is 102 Å². The minimum Gasteiger partial charge on any atom is -0.340 e.